The zero-order valence-corrected chi connectivity index (χ0v) is 7.60. The van der Waals surface area contributed by atoms with E-state index in [-0.39, 0.29) is 6.00 Å². The SMILES string of the molecule is CC1=N[B-]C(Cc2ccccc2)O1. The van der Waals surface area contributed by atoms with Crippen LogP contribution in [-0.2, 0) is 11.2 Å². The molecule has 1 heterocycles. The first-order chi connectivity index (χ1) is 6.34. The van der Waals surface area contributed by atoms with Gasteiger partial charge in [-0.05, 0) is 12.0 Å². The second-order valence-electron chi connectivity index (χ2n) is 3.14. The lowest BCUT2D eigenvalue weighted by molar-refractivity contribution is 0.274. The molecule has 13 heavy (non-hydrogen) atoms. The molecule has 0 aromatic heterocycles. The standard InChI is InChI=1S/C10H11BNO/c1-8-12-11-10(13-8)7-9-5-3-2-4-6-9/h2-6,10H,7H2,1H3/q-1. The summed E-state index contributed by atoms with van der Waals surface area (Å²) in [5, 5.41) is 0. The van der Waals surface area contributed by atoms with E-state index in [0.717, 1.165) is 12.3 Å². The Kier molecular flexibility index (Phi) is 2.34. The molecule has 0 bridgehead atoms. The lowest BCUT2D eigenvalue weighted by Gasteiger charge is -2.18. The van der Waals surface area contributed by atoms with Gasteiger partial charge in [0, 0.05) is 6.92 Å². The van der Waals surface area contributed by atoms with E-state index >= 15 is 0 Å². The quantitative estimate of drug-likeness (QED) is 0.621. The number of hydrogen-bond acceptors (Lipinski definition) is 2. The highest BCUT2D eigenvalue weighted by molar-refractivity contribution is 6.39. The molecule has 66 valence electrons. The molecule has 2 rings (SSSR count). The molecule has 3 heteroatoms. The lowest BCUT2D eigenvalue weighted by atomic mass is 9.83. The monoisotopic (exact) mass is 172 g/mol. The van der Waals surface area contributed by atoms with Gasteiger partial charge in [0.25, 0.3) is 0 Å². The summed E-state index contributed by atoms with van der Waals surface area (Å²) in [6.45, 7) is 1.88. The van der Waals surface area contributed by atoms with Crippen molar-refractivity contribution < 1.29 is 4.74 Å². The van der Waals surface area contributed by atoms with Gasteiger partial charge in [-0.15, -0.1) is 7.41 Å². The second kappa shape index (κ2) is 3.65. The lowest BCUT2D eigenvalue weighted by Crippen LogP contribution is -2.17. The van der Waals surface area contributed by atoms with Crippen molar-refractivity contribution in [3.05, 3.63) is 35.9 Å². The van der Waals surface area contributed by atoms with Gasteiger partial charge in [-0.25, -0.2) is 0 Å². The Morgan fingerprint density at radius 2 is 2.15 bits per heavy atom. The van der Waals surface area contributed by atoms with Gasteiger partial charge in [0.15, 0.2) is 0 Å². The largest absolute Gasteiger partial charge is 0.544 e. The minimum atomic E-state index is 0.127. The molecular formula is C10H11BNO-. The first kappa shape index (κ1) is 8.36. The van der Waals surface area contributed by atoms with Gasteiger partial charge in [0.05, 0.1) is 0 Å². The summed E-state index contributed by atoms with van der Waals surface area (Å²) < 4.78 is 5.46. The third-order valence-electron chi connectivity index (χ3n) is 2.02. The fourth-order valence-corrected chi connectivity index (χ4v) is 1.41. The predicted molar refractivity (Wildman–Crippen MR) is 53.9 cm³/mol. The van der Waals surface area contributed by atoms with Crippen molar-refractivity contribution in [3.8, 4) is 0 Å². The third-order valence-corrected chi connectivity index (χ3v) is 2.02. The van der Waals surface area contributed by atoms with Gasteiger partial charge in [-0.1, -0.05) is 36.3 Å². The van der Waals surface area contributed by atoms with Crippen LogP contribution in [0.4, 0.5) is 0 Å². The smallest absolute Gasteiger partial charge is 0.126 e. The van der Waals surface area contributed by atoms with Crippen LogP contribution >= 0.6 is 0 Å². The summed E-state index contributed by atoms with van der Waals surface area (Å²) in [6, 6.07) is 10.4. The van der Waals surface area contributed by atoms with Gasteiger partial charge in [-0.3, -0.25) is 0 Å². The summed E-state index contributed by atoms with van der Waals surface area (Å²) in [6.07, 6.45) is 0.904. The van der Waals surface area contributed by atoms with Gasteiger partial charge < -0.3 is 9.64 Å². The van der Waals surface area contributed by atoms with Crippen LogP contribution in [0.1, 0.15) is 12.5 Å². The summed E-state index contributed by atoms with van der Waals surface area (Å²) in [7, 11) is 1.86. The normalized spacial score (nSPS) is 21.0. The highest BCUT2D eigenvalue weighted by Gasteiger charge is 2.05. The molecule has 0 spiro atoms. The highest BCUT2D eigenvalue weighted by Crippen LogP contribution is 2.09. The minimum Gasteiger partial charge on any atom is -0.544 e. The van der Waals surface area contributed by atoms with Crippen molar-refractivity contribution in [2.45, 2.75) is 19.3 Å². The van der Waals surface area contributed by atoms with Gasteiger partial charge in [0.1, 0.15) is 5.90 Å². The first-order valence-corrected chi connectivity index (χ1v) is 4.43. The van der Waals surface area contributed by atoms with Crippen molar-refractivity contribution in [3.63, 3.8) is 0 Å². The van der Waals surface area contributed by atoms with Crippen LogP contribution in [0, 0.1) is 0 Å². The van der Waals surface area contributed by atoms with E-state index in [1.54, 1.807) is 0 Å². The Hall–Kier alpha value is -1.25. The molecule has 1 aromatic carbocycles. The van der Waals surface area contributed by atoms with E-state index < -0.39 is 0 Å². The van der Waals surface area contributed by atoms with E-state index in [2.05, 4.69) is 17.0 Å². The summed E-state index contributed by atoms with van der Waals surface area (Å²) in [4.78, 5) is 4.08. The van der Waals surface area contributed by atoms with E-state index in [0.29, 0.717) is 0 Å². The minimum absolute atomic E-state index is 0.127. The molecule has 0 amide bonds. The molecule has 1 aliphatic rings. The molecular weight excluding hydrogens is 161 g/mol. The predicted octanol–water partition coefficient (Wildman–Crippen LogP) is 1.62. The Morgan fingerprint density at radius 3 is 2.77 bits per heavy atom. The molecule has 1 atom stereocenters. The molecule has 0 N–H and O–H groups in total. The van der Waals surface area contributed by atoms with Crippen LogP contribution in [0.25, 0.3) is 0 Å². The molecule has 2 nitrogen and oxygen atoms in total. The van der Waals surface area contributed by atoms with Gasteiger partial charge >= 0.3 is 0 Å². The van der Waals surface area contributed by atoms with E-state index in [4.69, 9.17) is 4.74 Å². The topological polar surface area (TPSA) is 21.6 Å². The number of hydrogen-bond donors (Lipinski definition) is 0. The second-order valence-corrected chi connectivity index (χ2v) is 3.14. The van der Waals surface area contributed by atoms with Crippen LogP contribution in [0.5, 0.6) is 0 Å². The molecule has 2 radical (unpaired) electrons. The van der Waals surface area contributed by atoms with Crippen molar-refractivity contribution in [1.29, 1.82) is 0 Å². The fourth-order valence-electron chi connectivity index (χ4n) is 1.41. The molecule has 1 aromatic rings. The molecule has 1 unspecified atom stereocenters. The zero-order chi connectivity index (χ0) is 9.10. The Balaban J connectivity index is 1.94. The summed E-state index contributed by atoms with van der Waals surface area (Å²) >= 11 is 0. The maximum absolute atomic E-state index is 5.46. The first-order valence-electron chi connectivity index (χ1n) is 4.43. The summed E-state index contributed by atoms with van der Waals surface area (Å²) in [5.74, 6) is 0.765. The van der Waals surface area contributed by atoms with Crippen molar-refractivity contribution in [2.24, 2.45) is 4.90 Å². The van der Waals surface area contributed by atoms with Crippen LogP contribution in [0.2, 0.25) is 0 Å². The van der Waals surface area contributed by atoms with Crippen molar-refractivity contribution in [1.82, 2.24) is 0 Å². The molecule has 1 aliphatic heterocycles. The third kappa shape index (κ3) is 2.11. The van der Waals surface area contributed by atoms with Crippen molar-refractivity contribution in [2.75, 3.05) is 0 Å². The van der Waals surface area contributed by atoms with Gasteiger partial charge in [-0.2, -0.15) is 0 Å². The molecule has 0 aliphatic carbocycles. The number of ether oxygens (including phenoxy) is 1. The molecule has 0 saturated carbocycles. The van der Waals surface area contributed by atoms with Crippen molar-refractivity contribution >= 4 is 13.3 Å². The van der Waals surface area contributed by atoms with Crippen LogP contribution in [0.15, 0.2) is 35.2 Å². The Morgan fingerprint density at radius 1 is 1.38 bits per heavy atom. The Labute approximate surface area is 78.9 Å². The van der Waals surface area contributed by atoms with E-state index in [1.807, 2.05) is 32.5 Å². The van der Waals surface area contributed by atoms with E-state index in [9.17, 15) is 0 Å². The average molecular weight is 172 g/mol. The van der Waals surface area contributed by atoms with Crippen LogP contribution in [-0.4, -0.2) is 19.3 Å². The fraction of sp³-hybridized carbons (Fsp3) is 0.300. The zero-order valence-electron chi connectivity index (χ0n) is 7.60. The Bertz CT molecular complexity index is 310. The molecule has 0 saturated heterocycles. The maximum atomic E-state index is 5.46. The number of rotatable bonds is 2. The number of nitrogens with zero attached hydrogens (tertiary/aromatic N) is 1. The molecule has 0 fully saturated rings. The van der Waals surface area contributed by atoms with Crippen LogP contribution < -0.4 is 0 Å². The summed E-state index contributed by atoms with van der Waals surface area (Å²) in [5.41, 5.74) is 1.29. The maximum Gasteiger partial charge on any atom is 0.126 e. The average Bonchev–Trinajstić information content (AvgIpc) is 2.53. The highest BCUT2D eigenvalue weighted by atomic mass is 16.5. The van der Waals surface area contributed by atoms with Crippen LogP contribution in [0.3, 0.4) is 0 Å². The number of benzene rings is 1. The van der Waals surface area contributed by atoms with E-state index in [1.165, 1.54) is 5.56 Å². The van der Waals surface area contributed by atoms with Gasteiger partial charge in [0.2, 0.25) is 0 Å².